The van der Waals surface area contributed by atoms with Crippen LogP contribution in [0.4, 0.5) is 23.2 Å². The standard InChI is InChI=1S/C31H33F4N5O/c1-28(7-4-8-28)36-14-19-9-23-24(25(10-19)31(33,34)35)15-40(26(23)41)22-6-3-5-20(11-22)30(27-38-37-18-39(27)2)16-29(17-30)12-21(32)13-29/h3,5-6,9-11,18,21,36H,4,7-8,12-17H2,1-2H3. The van der Waals surface area contributed by atoms with E-state index in [1.807, 2.05) is 29.8 Å². The number of nitrogens with zero attached hydrogens (tertiary/aromatic N) is 4. The molecule has 3 fully saturated rings. The Bertz CT molecular complexity index is 1530. The molecule has 0 unspecified atom stereocenters. The molecule has 1 N–H and O–H groups in total. The first kappa shape index (κ1) is 26.6. The van der Waals surface area contributed by atoms with Crippen LogP contribution in [0.25, 0.3) is 0 Å². The normalized spacial score (nSPS) is 28.3. The number of aromatic nitrogens is 3. The van der Waals surface area contributed by atoms with Crippen LogP contribution < -0.4 is 10.2 Å². The molecule has 3 saturated carbocycles. The number of carbonyl (C=O) groups excluding carboxylic acids is 1. The van der Waals surface area contributed by atoms with Crippen molar-refractivity contribution in [3.05, 3.63) is 76.4 Å². The van der Waals surface area contributed by atoms with Crippen LogP contribution in [0.3, 0.4) is 0 Å². The fourth-order valence-electron chi connectivity index (χ4n) is 7.81. The monoisotopic (exact) mass is 567 g/mol. The fourth-order valence-corrected chi connectivity index (χ4v) is 7.81. The topological polar surface area (TPSA) is 63.1 Å². The number of carbonyl (C=O) groups is 1. The van der Waals surface area contributed by atoms with Gasteiger partial charge in [0.2, 0.25) is 0 Å². The van der Waals surface area contributed by atoms with E-state index in [4.69, 9.17) is 0 Å². The van der Waals surface area contributed by atoms with Crippen LogP contribution in [0.15, 0.2) is 42.7 Å². The first-order valence-electron chi connectivity index (χ1n) is 14.3. The summed E-state index contributed by atoms with van der Waals surface area (Å²) >= 11 is 0. The number of benzene rings is 2. The summed E-state index contributed by atoms with van der Waals surface area (Å²) < 4.78 is 58.5. The highest BCUT2D eigenvalue weighted by atomic mass is 19.4. The fraction of sp³-hybridized carbons (Fsp3) is 0.516. The Labute approximate surface area is 236 Å². The maximum Gasteiger partial charge on any atom is 0.416 e. The van der Waals surface area contributed by atoms with E-state index in [2.05, 4.69) is 22.4 Å². The third kappa shape index (κ3) is 4.20. The highest BCUT2D eigenvalue weighted by molar-refractivity contribution is 6.10. The predicted octanol–water partition coefficient (Wildman–Crippen LogP) is 6.22. The number of alkyl halides is 4. The Balaban J connectivity index is 1.22. The summed E-state index contributed by atoms with van der Waals surface area (Å²) in [6.07, 6.45) is 1.86. The molecular weight excluding hydrogens is 534 g/mol. The molecule has 4 aliphatic rings. The van der Waals surface area contributed by atoms with Gasteiger partial charge >= 0.3 is 6.18 Å². The molecule has 216 valence electrons. The van der Waals surface area contributed by atoms with Crippen molar-refractivity contribution in [3.8, 4) is 0 Å². The highest BCUT2D eigenvalue weighted by Crippen LogP contribution is 2.67. The van der Waals surface area contributed by atoms with Gasteiger partial charge in [-0.3, -0.25) is 4.79 Å². The summed E-state index contributed by atoms with van der Waals surface area (Å²) in [6, 6.07) is 10.3. The van der Waals surface area contributed by atoms with E-state index in [0.717, 1.165) is 43.5 Å². The van der Waals surface area contributed by atoms with Crippen LogP contribution in [-0.2, 0) is 31.7 Å². The number of anilines is 1. The molecule has 3 aromatic rings. The van der Waals surface area contributed by atoms with Gasteiger partial charge in [-0.25, -0.2) is 4.39 Å². The van der Waals surface area contributed by atoms with Crippen LogP contribution in [0.1, 0.15) is 90.3 Å². The summed E-state index contributed by atoms with van der Waals surface area (Å²) in [4.78, 5) is 15.1. The van der Waals surface area contributed by atoms with Gasteiger partial charge in [0.05, 0.1) is 17.5 Å². The van der Waals surface area contributed by atoms with Gasteiger partial charge in [0.1, 0.15) is 18.3 Å². The van der Waals surface area contributed by atoms with E-state index in [9.17, 15) is 22.4 Å². The SMILES string of the molecule is Cn1cnnc1C1(c2cccc(N3Cc4c(cc(CNC5(C)CCC5)cc4C(F)(F)F)C3=O)c2)CC2(CC(F)C2)C1. The van der Waals surface area contributed by atoms with Crippen LogP contribution in [-0.4, -0.2) is 32.4 Å². The summed E-state index contributed by atoms with van der Waals surface area (Å²) in [5.74, 6) is 0.340. The van der Waals surface area contributed by atoms with E-state index >= 15 is 0 Å². The lowest BCUT2D eigenvalue weighted by Gasteiger charge is -2.61. The number of amides is 1. The molecule has 41 heavy (non-hydrogen) atoms. The molecule has 2 aromatic carbocycles. The number of nitrogens with one attached hydrogen (secondary N) is 1. The number of hydrogen-bond donors (Lipinski definition) is 1. The molecule has 0 bridgehead atoms. The van der Waals surface area contributed by atoms with Gasteiger partial charge in [-0.2, -0.15) is 13.2 Å². The minimum absolute atomic E-state index is 0.0144. The third-order valence-electron chi connectivity index (χ3n) is 10.1. The Kier molecular flexibility index (Phi) is 5.76. The van der Waals surface area contributed by atoms with Gasteiger partial charge in [0, 0.05) is 30.4 Å². The van der Waals surface area contributed by atoms with Gasteiger partial charge < -0.3 is 14.8 Å². The maximum atomic E-state index is 14.2. The first-order valence-corrected chi connectivity index (χ1v) is 14.3. The molecule has 6 nitrogen and oxygen atoms in total. The van der Waals surface area contributed by atoms with Crippen LogP contribution in [0.2, 0.25) is 0 Å². The van der Waals surface area contributed by atoms with Crippen LogP contribution in [0, 0.1) is 5.41 Å². The lowest BCUT2D eigenvalue weighted by molar-refractivity contribution is -0.138. The Hall–Kier alpha value is -3.27. The molecular formula is C31H33F4N5O. The quantitative estimate of drug-likeness (QED) is 0.359. The smallest absolute Gasteiger partial charge is 0.320 e. The predicted molar refractivity (Wildman–Crippen MR) is 145 cm³/mol. The van der Waals surface area contributed by atoms with Crippen molar-refractivity contribution in [2.75, 3.05) is 4.90 Å². The molecule has 7 rings (SSSR count). The second-order valence-electron chi connectivity index (χ2n) is 13.1. The van der Waals surface area contributed by atoms with Crippen molar-refractivity contribution in [3.63, 3.8) is 0 Å². The van der Waals surface area contributed by atoms with Crippen molar-refractivity contribution in [1.29, 1.82) is 0 Å². The maximum absolute atomic E-state index is 14.2. The Morgan fingerprint density at radius 3 is 2.49 bits per heavy atom. The summed E-state index contributed by atoms with van der Waals surface area (Å²) in [5, 5.41) is 11.9. The molecule has 2 heterocycles. The Morgan fingerprint density at radius 2 is 1.88 bits per heavy atom. The van der Waals surface area contributed by atoms with Crippen molar-refractivity contribution in [2.45, 2.75) is 88.3 Å². The molecule has 1 aliphatic heterocycles. The second kappa shape index (κ2) is 8.86. The lowest BCUT2D eigenvalue weighted by Crippen LogP contribution is -2.58. The third-order valence-corrected chi connectivity index (χ3v) is 10.1. The highest BCUT2D eigenvalue weighted by Gasteiger charge is 2.63. The zero-order chi connectivity index (χ0) is 28.8. The van der Waals surface area contributed by atoms with Gasteiger partial charge in [-0.15, -0.1) is 10.2 Å². The number of halogens is 4. The average molecular weight is 568 g/mol. The molecule has 0 saturated heterocycles. The van der Waals surface area contributed by atoms with Crippen molar-refractivity contribution in [2.24, 2.45) is 12.5 Å². The zero-order valence-electron chi connectivity index (χ0n) is 23.2. The van der Waals surface area contributed by atoms with E-state index in [1.54, 1.807) is 18.5 Å². The summed E-state index contributed by atoms with van der Waals surface area (Å²) in [6.45, 7) is 2.20. The Morgan fingerprint density at radius 1 is 1.12 bits per heavy atom. The van der Waals surface area contributed by atoms with Crippen molar-refractivity contribution in [1.82, 2.24) is 20.1 Å². The number of hydrogen-bond acceptors (Lipinski definition) is 4. The molecule has 1 spiro atoms. The van der Waals surface area contributed by atoms with Crippen molar-refractivity contribution < 1.29 is 22.4 Å². The van der Waals surface area contributed by atoms with E-state index in [-0.39, 0.29) is 35.2 Å². The lowest BCUT2D eigenvalue weighted by atomic mass is 9.43. The number of rotatable bonds is 6. The molecule has 1 amide bonds. The van der Waals surface area contributed by atoms with Gasteiger partial charge in [0.25, 0.3) is 5.91 Å². The van der Waals surface area contributed by atoms with Gasteiger partial charge in [-0.1, -0.05) is 12.1 Å². The van der Waals surface area contributed by atoms with Crippen LogP contribution >= 0.6 is 0 Å². The van der Waals surface area contributed by atoms with E-state index < -0.39 is 29.2 Å². The number of aryl methyl sites for hydroxylation is 1. The molecule has 1 aromatic heterocycles. The summed E-state index contributed by atoms with van der Waals surface area (Å²) in [5.41, 5.74) is 0.650. The largest absolute Gasteiger partial charge is 0.416 e. The molecule has 3 aliphatic carbocycles. The molecule has 0 atom stereocenters. The molecule has 10 heteroatoms. The second-order valence-corrected chi connectivity index (χ2v) is 13.1. The molecule has 0 radical (unpaired) electrons. The zero-order valence-corrected chi connectivity index (χ0v) is 23.2. The van der Waals surface area contributed by atoms with E-state index in [1.165, 1.54) is 11.0 Å². The minimum atomic E-state index is -4.58. The first-order chi connectivity index (χ1) is 19.4. The average Bonchev–Trinajstić information content (AvgIpc) is 3.45. The summed E-state index contributed by atoms with van der Waals surface area (Å²) in [7, 11) is 1.88. The number of fused-ring (bicyclic) bond motifs is 1. The van der Waals surface area contributed by atoms with Gasteiger partial charge in [0.15, 0.2) is 0 Å². The van der Waals surface area contributed by atoms with Crippen molar-refractivity contribution >= 4 is 11.6 Å². The minimum Gasteiger partial charge on any atom is -0.320 e. The van der Waals surface area contributed by atoms with Gasteiger partial charge in [-0.05, 0) is 98.2 Å². The van der Waals surface area contributed by atoms with Crippen LogP contribution in [0.5, 0.6) is 0 Å². The van der Waals surface area contributed by atoms with E-state index in [0.29, 0.717) is 24.1 Å².